The lowest BCUT2D eigenvalue weighted by Gasteiger charge is -2.27. The van der Waals surface area contributed by atoms with Gasteiger partial charge in [0, 0.05) is 13.5 Å². The van der Waals surface area contributed by atoms with Crippen molar-refractivity contribution < 1.29 is 19.4 Å². The first-order valence-corrected chi connectivity index (χ1v) is 6.74. The molecule has 1 aromatic carbocycles. The van der Waals surface area contributed by atoms with Gasteiger partial charge < -0.3 is 14.7 Å². The molecule has 0 saturated heterocycles. The van der Waals surface area contributed by atoms with Crippen molar-refractivity contribution in [1.29, 1.82) is 0 Å². The van der Waals surface area contributed by atoms with E-state index in [1.54, 1.807) is 31.2 Å². The van der Waals surface area contributed by atoms with Gasteiger partial charge in [0.05, 0.1) is 6.61 Å². The second kappa shape index (κ2) is 7.53. The van der Waals surface area contributed by atoms with Crippen LogP contribution in [0, 0.1) is 0 Å². The fourth-order valence-corrected chi connectivity index (χ4v) is 2.01. The molecule has 0 radical (unpaired) electrons. The van der Waals surface area contributed by atoms with Crippen molar-refractivity contribution in [3.63, 3.8) is 0 Å². The van der Waals surface area contributed by atoms with Crippen LogP contribution in [0.15, 0.2) is 24.3 Å². The Kier molecular flexibility index (Phi) is 6.03. The number of ether oxygens (including phenoxy) is 1. The number of aliphatic carboxylic acids is 1. The predicted octanol–water partition coefficient (Wildman–Crippen LogP) is 2.47. The minimum Gasteiger partial charge on any atom is -0.494 e. The zero-order valence-corrected chi connectivity index (χ0v) is 12.1. The molecular weight excluding hydrogens is 258 g/mol. The van der Waals surface area contributed by atoms with Crippen molar-refractivity contribution >= 4 is 11.9 Å². The smallest absolute Gasteiger partial charge is 0.331 e. The lowest BCUT2D eigenvalue weighted by atomic mass is 10.1. The first-order chi connectivity index (χ1) is 9.51. The van der Waals surface area contributed by atoms with Crippen LogP contribution in [0.25, 0.3) is 0 Å². The number of benzene rings is 1. The zero-order valence-electron chi connectivity index (χ0n) is 12.1. The van der Waals surface area contributed by atoms with Gasteiger partial charge in [0.1, 0.15) is 5.75 Å². The summed E-state index contributed by atoms with van der Waals surface area (Å²) >= 11 is 0. The first-order valence-electron chi connectivity index (χ1n) is 6.74. The van der Waals surface area contributed by atoms with Gasteiger partial charge in [-0.2, -0.15) is 0 Å². The van der Waals surface area contributed by atoms with Crippen LogP contribution in [0.5, 0.6) is 5.75 Å². The topological polar surface area (TPSA) is 66.8 Å². The summed E-state index contributed by atoms with van der Waals surface area (Å²) in [7, 11) is 0. The zero-order chi connectivity index (χ0) is 15.1. The molecule has 1 amide bonds. The van der Waals surface area contributed by atoms with Gasteiger partial charge in [0.2, 0.25) is 5.91 Å². The molecule has 20 heavy (non-hydrogen) atoms. The standard InChI is InChI=1S/C15H21NO4/c1-4-10-20-13-8-6-12(7-9-13)14(15(18)19)16(5-2)11(3)17/h6-9,14H,4-5,10H2,1-3H3,(H,18,19). The fourth-order valence-electron chi connectivity index (χ4n) is 2.01. The van der Waals surface area contributed by atoms with Crippen LogP contribution >= 0.6 is 0 Å². The molecule has 5 heteroatoms. The number of hydrogen-bond donors (Lipinski definition) is 1. The Bertz CT molecular complexity index is 455. The summed E-state index contributed by atoms with van der Waals surface area (Å²) < 4.78 is 5.46. The molecule has 1 aromatic rings. The van der Waals surface area contributed by atoms with Crippen LogP contribution in [-0.2, 0) is 9.59 Å². The Morgan fingerprint density at radius 3 is 2.25 bits per heavy atom. The minimum absolute atomic E-state index is 0.258. The number of hydrogen-bond acceptors (Lipinski definition) is 3. The normalized spacial score (nSPS) is 11.8. The molecule has 1 rings (SSSR count). The Labute approximate surface area is 119 Å². The molecule has 1 atom stereocenters. The lowest BCUT2D eigenvalue weighted by Crippen LogP contribution is -2.37. The van der Waals surface area contributed by atoms with E-state index in [1.807, 2.05) is 6.92 Å². The van der Waals surface area contributed by atoms with Gasteiger partial charge in [-0.25, -0.2) is 4.79 Å². The SMILES string of the molecule is CCCOc1ccc(C(C(=O)O)N(CC)C(C)=O)cc1. The number of carboxylic acids is 1. The molecule has 0 aliphatic rings. The molecule has 0 saturated carbocycles. The van der Waals surface area contributed by atoms with E-state index in [4.69, 9.17) is 4.74 Å². The maximum absolute atomic E-state index is 11.5. The summed E-state index contributed by atoms with van der Waals surface area (Å²) in [4.78, 5) is 24.3. The molecular formula is C15H21NO4. The van der Waals surface area contributed by atoms with Crippen LogP contribution < -0.4 is 4.74 Å². The first kappa shape index (κ1) is 16.0. The van der Waals surface area contributed by atoms with E-state index in [-0.39, 0.29) is 5.91 Å². The van der Waals surface area contributed by atoms with Crippen molar-refractivity contribution in [2.45, 2.75) is 33.2 Å². The van der Waals surface area contributed by atoms with Gasteiger partial charge in [-0.3, -0.25) is 4.79 Å². The second-order valence-corrected chi connectivity index (χ2v) is 4.46. The number of rotatable bonds is 7. The number of nitrogens with zero attached hydrogens (tertiary/aromatic N) is 1. The van der Waals surface area contributed by atoms with Crippen LogP contribution in [0.1, 0.15) is 38.8 Å². The molecule has 1 N–H and O–H groups in total. The summed E-state index contributed by atoms with van der Waals surface area (Å²) in [6, 6.07) is 5.88. The maximum atomic E-state index is 11.5. The molecule has 0 aromatic heterocycles. The van der Waals surface area contributed by atoms with E-state index >= 15 is 0 Å². The molecule has 0 spiro atoms. The maximum Gasteiger partial charge on any atom is 0.331 e. The largest absolute Gasteiger partial charge is 0.494 e. The molecule has 1 unspecified atom stereocenters. The molecule has 0 aliphatic heterocycles. The highest BCUT2D eigenvalue weighted by atomic mass is 16.5. The Hall–Kier alpha value is -2.04. The van der Waals surface area contributed by atoms with E-state index in [1.165, 1.54) is 11.8 Å². The number of amides is 1. The van der Waals surface area contributed by atoms with Gasteiger partial charge in [0.25, 0.3) is 0 Å². The van der Waals surface area contributed by atoms with Crippen LogP contribution in [0.3, 0.4) is 0 Å². The van der Waals surface area contributed by atoms with E-state index in [2.05, 4.69) is 0 Å². The third-order valence-electron chi connectivity index (χ3n) is 2.96. The van der Waals surface area contributed by atoms with Gasteiger partial charge in [0.15, 0.2) is 6.04 Å². The molecule has 0 aliphatic carbocycles. The molecule has 110 valence electrons. The van der Waals surface area contributed by atoms with Crippen LogP contribution in [0.2, 0.25) is 0 Å². The molecule has 0 fully saturated rings. The van der Waals surface area contributed by atoms with Crippen molar-refractivity contribution in [3.8, 4) is 5.75 Å². The summed E-state index contributed by atoms with van der Waals surface area (Å²) in [6.45, 7) is 6.12. The third kappa shape index (κ3) is 3.98. The van der Waals surface area contributed by atoms with E-state index in [0.717, 1.165) is 6.42 Å². The summed E-state index contributed by atoms with van der Waals surface area (Å²) in [5.41, 5.74) is 0.568. The third-order valence-corrected chi connectivity index (χ3v) is 2.96. The van der Waals surface area contributed by atoms with Crippen molar-refractivity contribution in [2.24, 2.45) is 0 Å². The van der Waals surface area contributed by atoms with E-state index in [9.17, 15) is 14.7 Å². The van der Waals surface area contributed by atoms with Crippen molar-refractivity contribution in [1.82, 2.24) is 4.90 Å². The van der Waals surface area contributed by atoms with Gasteiger partial charge in [-0.15, -0.1) is 0 Å². The lowest BCUT2D eigenvalue weighted by molar-refractivity contribution is -0.149. The molecule has 0 bridgehead atoms. The minimum atomic E-state index is -1.04. The highest BCUT2D eigenvalue weighted by Gasteiger charge is 2.28. The van der Waals surface area contributed by atoms with Gasteiger partial charge >= 0.3 is 5.97 Å². The molecule has 5 nitrogen and oxygen atoms in total. The Morgan fingerprint density at radius 1 is 1.25 bits per heavy atom. The van der Waals surface area contributed by atoms with Gasteiger partial charge in [-0.1, -0.05) is 19.1 Å². The highest BCUT2D eigenvalue weighted by Crippen LogP contribution is 2.23. The van der Waals surface area contributed by atoms with Crippen molar-refractivity contribution in [2.75, 3.05) is 13.2 Å². The van der Waals surface area contributed by atoms with Crippen LogP contribution in [-0.4, -0.2) is 35.0 Å². The summed E-state index contributed by atoms with van der Waals surface area (Å²) in [5, 5.41) is 9.36. The highest BCUT2D eigenvalue weighted by molar-refractivity contribution is 5.83. The quantitative estimate of drug-likeness (QED) is 0.832. The number of carbonyl (C=O) groups excluding carboxylic acids is 1. The number of carboxylic acid groups (broad SMARTS) is 1. The van der Waals surface area contributed by atoms with Gasteiger partial charge in [-0.05, 0) is 31.0 Å². The number of likely N-dealkylation sites (N-methyl/N-ethyl adjacent to an activating group) is 1. The monoisotopic (exact) mass is 279 g/mol. The molecule has 0 heterocycles. The Balaban J connectivity index is 2.98. The Morgan fingerprint density at radius 2 is 1.85 bits per heavy atom. The van der Waals surface area contributed by atoms with Crippen LogP contribution in [0.4, 0.5) is 0 Å². The average molecular weight is 279 g/mol. The predicted molar refractivity (Wildman–Crippen MR) is 75.7 cm³/mol. The average Bonchev–Trinajstić information content (AvgIpc) is 2.42. The summed E-state index contributed by atoms with van der Waals surface area (Å²) in [5.74, 6) is -0.596. The van der Waals surface area contributed by atoms with E-state index in [0.29, 0.717) is 24.5 Å². The fraction of sp³-hybridized carbons (Fsp3) is 0.467. The van der Waals surface area contributed by atoms with E-state index < -0.39 is 12.0 Å². The number of carbonyl (C=O) groups is 2. The summed E-state index contributed by atoms with van der Waals surface area (Å²) in [6.07, 6.45) is 0.910. The second-order valence-electron chi connectivity index (χ2n) is 4.46. The van der Waals surface area contributed by atoms with Crippen molar-refractivity contribution in [3.05, 3.63) is 29.8 Å².